The summed E-state index contributed by atoms with van der Waals surface area (Å²) in [5, 5.41) is 2.47. The lowest BCUT2D eigenvalue weighted by Crippen LogP contribution is -2.41. The van der Waals surface area contributed by atoms with Crippen LogP contribution in [0.3, 0.4) is 0 Å². The molecule has 0 spiro atoms. The topological polar surface area (TPSA) is 101 Å². The number of carbonyl (C=O) groups excluding carboxylic acids is 2. The molecular formula is C8H12N4O2. The molecule has 1 aromatic heterocycles. The van der Waals surface area contributed by atoms with Crippen LogP contribution in [0, 0.1) is 0 Å². The minimum atomic E-state index is -0.550. The van der Waals surface area contributed by atoms with Crippen LogP contribution in [0.25, 0.3) is 0 Å². The van der Waals surface area contributed by atoms with Crippen molar-refractivity contribution in [3.8, 4) is 0 Å². The molecule has 1 atom stereocenters. The van der Waals surface area contributed by atoms with Crippen LogP contribution in [0.1, 0.15) is 5.69 Å². The first kappa shape index (κ1) is 10.4. The summed E-state index contributed by atoms with van der Waals surface area (Å²) in [5.74, 6) is -0.346. The van der Waals surface area contributed by atoms with E-state index >= 15 is 0 Å². The van der Waals surface area contributed by atoms with Crippen molar-refractivity contribution in [2.75, 3.05) is 6.54 Å². The van der Waals surface area contributed by atoms with Crippen LogP contribution >= 0.6 is 0 Å². The van der Waals surface area contributed by atoms with Crippen LogP contribution in [0.2, 0.25) is 0 Å². The maximum absolute atomic E-state index is 10.9. The van der Waals surface area contributed by atoms with E-state index in [2.05, 4.69) is 15.3 Å². The second kappa shape index (κ2) is 5.13. The first-order valence-corrected chi connectivity index (χ1v) is 4.18. The number of H-pyrrole nitrogens is 1. The molecule has 4 N–H and O–H groups in total. The number of carbonyl (C=O) groups is 2. The van der Waals surface area contributed by atoms with Crippen molar-refractivity contribution in [3.05, 3.63) is 18.2 Å². The number of aldehydes is 1. The Hall–Kier alpha value is -1.69. The molecule has 0 bridgehead atoms. The lowest BCUT2D eigenvalue weighted by atomic mass is 10.2. The molecule has 1 heterocycles. The molecule has 0 saturated carbocycles. The van der Waals surface area contributed by atoms with Crippen LogP contribution in [0.5, 0.6) is 0 Å². The minimum absolute atomic E-state index is 0.118. The molecule has 0 fully saturated rings. The molecule has 1 amide bonds. The van der Waals surface area contributed by atoms with Gasteiger partial charge in [-0.2, -0.15) is 0 Å². The predicted octanol–water partition coefficient (Wildman–Crippen LogP) is -1.41. The van der Waals surface area contributed by atoms with Gasteiger partial charge in [0.15, 0.2) is 0 Å². The highest BCUT2D eigenvalue weighted by molar-refractivity contribution is 5.81. The Labute approximate surface area is 80.9 Å². The Morgan fingerprint density at radius 1 is 1.79 bits per heavy atom. The van der Waals surface area contributed by atoms with Gasteiger partial charge in [-0.25, -0.2) is 4.98 Å². The standard InChI is InChI=1S/C8H12N4O2/c9-2-8(14)12-7(4-13)1-6-3-10-5-11-6/h3-5,7H,1-2,9H2,(H,10,11)(H,12,14)/t7-/m1/s1. The number of nitrogens with one attached hydrogen (secondary N) is 2. The quantitative estimate of drug-likeness (QED) is 0.504. The van der Waals surface area contributed by atoms with Gasteiger partial charge in [-0.3, -0.25) is 4.79 Å². The van der Waals surface area contributed by atoms with Crippen molar-refractivity contribution in [2.45, 2.75) is 12.5 Å². The summed E-state index contributed by atoms with van der Waals surface area (Å²) in [7, 11) is 0. The highest BCUT2D eigenvalue weighted by Gasteiger charge is 2.11. The molecule has 0 saturated heterocycles. The molecule has 6 nitrogen and oxygen atoms in total. The van der Waals surface area contributed by atoms with E-state index in [0.717, 1.165) is 5.69 Å². The predicted molar refractivity (Wildman–Crippen MR) is 49.3 cm³/mol. The van der Waals surface area contributed by atoms with E-state index in [1.54, 1.807) is 6.20 Å². The summed E-state index contributed by atoms with van der Waals surface area (Å²) in [6.45, 7) is -0.118. The van der Waals surface area contributed by atoms with Crippen molar-refractivity contribution < 1.29 is 9.59 Å². The van der Waals surface area contributed by atoms with Gasteiger partial charge in [-0.1, -0.05) is 0 Å². The number of imidazole rings is 1. The zero-order valence-corrected chi connectivity index (χ0v) is 7.56. The van der Waals surface area contributed by atoms with Crippen LogP contribution in [-0.2, 0) is 16.0 Å². The number of nitrogens with two attached hydrogens (primary N) is 1. The highest BCUT2D eigenvalue weighted by atomic mass is 16.2. The number of rotatable bonds is 5. The zero-order chi connectivity index (χ0) is 10.4. The summed E-state index contributed by atoms with van der Waals surface area (Å²) < 4.78 is 0. The third-order valence-electron chi connectivity index (χ3n) is 1.69. The number of amides is 1. The van der Waals surface area contributed by atoms with Crippen molar-refractivity contribution in [1.29, 1.82) is 0 Å². The molecular weight excluding hydrogens is 184 g/mol. The van der Waals surface area contributed by atoms with Crippen LogP contribution in [0.4, 0.5) is 0 Å². The van der Waals surface area contributed by atoms with Gasteiger partial charge < -0.3 is 20.8 Å². The summed E-state index contributed by atoms with van der Waals surface area (Å²) in [4.78, 5) is 28.1. The lowest BCUT2D eigenvalue weighted by Gasteiger charge is -2.10. The second-order valence-corrected chi connectivity index (χ2v) is 2.80. The molecule has 0 aliphatic heterocycles. The fourth-order valence-corrected chi connectivity index (χ4v) is 1.03. The van der Waals surface area contributed by atoms with Crippen LogP contribution in [0.15, 0.2) is 12.5 Å². The SMILES string of the molecule is NCC(=O)N[C@@H](C=O)Cc1cnc[nH]1. The van der Waals surface area contributed by atoms with Crippen molar-refractivity contribution in [1.82, 2.24) is 15.3 Å². The monoisotopic (exact) mass is 196 g/mol. The second-order valence-electron chi connectivity index (χ2n) is 2.80. The van der Waals surface area contributed by atoms with E-state index in [-0.39, 0.29) is 12.5 Å². The number of nitrogens with zero attached hydrogens (tertiary/aromatic N) is 1. The normalized spacial score (nSPS) is 12.1. The molecule has 1 aromatic rings. The molecule has 1 rings (SSSR count). The van der Waals surface area contributed by atoms with E-state index in [4.69, 9.17) is 5.73 Å². The Balaban J connectivity index is 2.47. The Bertz CT molecular complexity index is 296. The van der Waals surface area contributed by atoms with Crippen molar-refractivity contribution in [3.63, 3.8) is 0 Å². The molecule has 14 heavy (non-hydrogen) atoms. The summed E-state index contributed by atoms with van der Waals surface area (Å²) >= 11 is 0. The molecule has 0 aliphatic rings. The fraction of sp³-hybridized carbons (Fsp3) is 0.375. The first-order valence-electron chi connectivity index (χ1n) is 4.18. The molecule has 0 aliphatic carbocycles. The van der Waals surface area contributed by atoms with Gasteiger partial charge in [0.25, 0.3) is 0 Å². The summed E-state index contributed by atoms with van der Waals surface area (Å²) in [6, 6.07) is -0.550. The summed E-state index contributed by atoms with van der Waals surface area (Å²) in [5.41, 5.74) is 5.89. The molecule has 6 heteroatoms. The largest absolute Gasteiger partial charge is 0.348 e. The van der Waals surface area contributed by atoms with Gasteiger partial charge in [-0.15, -0.1) is 0 Å². The third-order valence-corrected chi connectivity index (χ3v) is 1.69. The number of hydrogen-bond donors (Lipinski definition) is 3. The van der Waals surface area contributed by atoms with Gasteiger partial charge in [0, 0.05) is 18.3 Å². The van der Waals surface area contributed by atoms with E-state index in [1.807, 2.05) is 0 Å². The zero-order valence-electron chi connectivity index (χ0n) is 7.56. The maximum Gasteiger partial charge on any atom is 0.234 e. The van der Waals surface area contributed by atoms with E-state index in [1.165, 1.54) is 6.33 Å². The fourth-order valence-electron chi connectivity index (χ4n) is 1.03. The maximum atomic E-state index is 10.9. The van der Waals surface area contributed by atoms with Crippen molar-refractivity contribution >= 4 is 12.2 Å². The van der Waals surface area contributed by atoms with Crippen LogP contribution in [-0.4, -0.2) is 34.7 Å². The van der Waals surface area contributed by atoms with Gasteiger partial charge in [0.05, 0.1) is 18.9 Å². The van der Waals surface area contributed by atoms with Gasteiger partial charge >= 0.3 is 0 Å². The molecule has 0 unspecified atom stereocenters. The average molecular weight is 196 g/mol. The molecule has 0 radical (unpaired) electrons. The van der Waals surface area contributed by atoms with E-state index in [0.29, 0.717) is 12.7 Å². The molecule has 0 aromatic carbocycles. The van der Waals surface area contributed by atoms with Gasteiger partial charge in [0.2, 0.25) is 5.91 Å². The Morgan fingerprint density at radius 3 is 3.07 bits per heavy atom. The lowest BCUT2D eigenvalue weighted by molar-refractivity contribution is -0.122. The first-order chi connectivity index (χ1) is 6.76. The smallest absolute Gasteiger partial charge is 0.234 e. The van der Waals surface area contributed by atoms with Crippen LogP contribution < -0.4 is 11.1 Å². The third kappa shape index (κ3) is 2.98. The number of aromatic nitrogens is 2. The highest BCUT2D eigenvalue weighted by Crippen LogP contribution is 1.95. The number of aromatic amines is 1. The number of hydrogen-bond acceptors (Lipinski definition) is 4. The Kier molecular flexibility index (Phi) is 3.81. The average Bonchev–Trinajstić information content (AvgIpc) is 2.69. The summed E-state index contributed by atoms with van der Waals surface area (Å²) in [6.07, 6.45) is 4.19. The minimum Gasteiger partial charge on any atom is -0.348 e. The molecule has 76 valence electrons. The van der Waals surface area contributed by atoms with Crippen molar-refractivity contribution in [2.24, 2.45) is 5.73 Å². The van der Waals surface area contributed by atoms with E-state index < -0.39 is 6.04 Å². The Morgan fingerprint density at radius 2 is 2.57 bits per heavy atom. The van der Waals surface area contributed by atoms with Gasteiger partial charge in [-0.05, 0) is 0 Å². The van der Waals surface area contributed by atoms with E-state index in [9.17, 15) is 9.59 Å². The van der Waals surface area contributed by atoms with Gasteiger partial charge in [0.1, 0.15) is 6.29 Å².